The summed E-state index contributed by atoms with van der Waals surface area (Å²) in [5.41, 5.74) is 3.86. The molecule has 4 heterocycles. The average molecular weight is 385 g/mol. The van der Waals surface area contributed by atoms with E-state index in [0.717, 1.165) is 28.5 Å². The van der Waals surface area contributed by atoms with Crippen LogP contribution < -0.4 is 0 Å². The van der Waals surface area contributed by atoms with Crippen LogP contribution in [-0.2, 0) is 22.6 Å². The van der Waals surface area contributed by atoms with Gasteiger partial charge in [0.15, 0.2) is 11.6 Å². The van der Waals surface area contributed by atoms with E-state index >= 15 is 0 Å². The van der Waals surface area contributed by atoms with Gasteiger partial charge in [0.2, 0.25) is 5.91 Å². The number of benzene rings is 1. The molecule has 1 amide bonds. The van der Waals surface area contributed by atoms with E-state index in [0.29, 0.717) is 37.1 Å². The van der Waals surface area contributed by atoms with Crippen molar-refractivity contribution < 1.29 is 9.53 Å². The third-order valence-electron chi connectivity index (χ3n) is 4.97. The molecule has 0 bridgehead atoms. The largest absolute Gasteiger partial charge is 0.370 e. The van der Waals surface area contributed by atoms with Crippen molar-refractivity contribution in [2.24, 2.45) is 0 Å². The van der Waals surface area contributed by atoms with Gasteiger partial charge in [0.25, 0.3) is 0 Å². The van der Waals surface area contributed by atoms with E-state index in [9.17, 15) is 4.79 Å². The Morgan fingerprint density at radius 2 is 2.22 bits per heavy atom. The number of hydrogen-bond acceptors (Lipinski definition) is 5. The van der Waals surface area contributed by atoms with Crippen molar-refractivity contribution in [1.82, 2.24) is 29.2 Å². The minimum atomic E-state index is -0.0383. The topological polar surface area (TPSA) is 78.1 Å². The van der Waals surface area contributed by atoms with Gasteiger partial charge < -0.3 is 14.2 Å². The lowest BCUT2D eigenvalue weighted by Crippen LogP contribution is -2.41. The monoisotopic (exact) mass is 384 g/mol. The van der Waals surface area contributed by atoms with Crippen LogP contribution in [0.25, 0.3) is 17.1 Å². The van der Waals surface area contributed by atoms with Crippen molar-refractivity contribution in [3.05, 3.63) is 46.8 Å². The number of nitrogens with zero attached hydrogens (tertiary/aromatic N) is 6. The minimum absolute atomic E-state index is 0.0383. The fourth-order valence-corrected chi connectivity index (χ4v) is 3.73. The molecule has 1 aromatic carbocycles. The molecule has 27 heavy (non-hydrogen) atoms. The number of amides is 1. The summed E-state index contributed by atoms with van der Waals surface area (Å²) in [6.07, 6.45) is 1.82. The Labute approximate surface area is 160 Å². The number of carbonyl (C=O) groups is 1. The number of morpholine rings is 1. The van der Waals surface area contributed by atoms with E-state index in [1.54, 1.807) is 4.90 Å². The number of imidazole rings is 1. The van der Waals surface area contributed by atoms with Crippen LogP contribution in [-0.4, -0.2) is 54.9 Å². The Balaban J connectivity index is 1.60. The summed E-state index contributed by atoms with van der Waals surface area (Å²) in [5, 5.41) is 5.31. The van der Waals surface area contributed by atoms with Crippen molar-refractivity contribution in [3.8, 4) is 17.1 Å². The Hall–Kier alpha value is -2.71. The number of aryl methyl sites for hydroxylation is 1. The van der Waals surface area contributed by atoms with Gasteiger partial charge in [-0.15, -0.1) is 0 Å². The zero-order valence-electron chi connectivity index (χ0n) is 14.7. The van der Waals surface area contributed by atoms with Crippen molar-refractivity contribution in [2.75, 3.05) is 19.8 Å². The van der Waals surface area contributed by atoms with E-state index < -0.39 is 0 Å². The first-order valence-corrected chi connectivity index (χ1v) is 9.10. The molecule has 1 saturated heterocycles. The highest BCUT2D eigenvalue weighted by molar-refractivity contribution is 6.31. The van der Waals surface area contributed by atoms with E-state index in [4.69, 9.17) is 21.3 Å². The molecule has 1 fully saturated rings. The van der Waals surface area contributed by atoms with Crippen molar-refractivity contribution in [3.63, 3.8) is 0 Å². The molecule has 3 aromatic rings. The number of halogens is 1. The lowest BCUT2D eigenvalue weighted by molar-refractivity contribution is -0.143. The van der Waals surface area contributed by atoms with E-state index in [2.05, 4.69) is 14.6 Å². The van der Waals surface area contributed by atoms with E-state index in [1.165, 1.54) is 0 Å². The second-order valence-electron chi connectivity index (χ2n) is 6.69. The predicted octanol–water partition coefficient (Wildman–Crippen LogP) is 1.81. The van der Waals surface area contributed by atoms with Crippen LogP contribution in [0.2, 0.25) is 5.02 Å². The molecule has 2 aromatic heterocycles. The second kappa shape index (κ2) is 6.17. The Morgan fingerprint density at radius 3 is 3.07 bits per heavy atom. The molecule has 0 saturated carbocycles. The van der Waals surface area contributed by atoms with Crippen molar-refractivity contribution >= 4 is 17.5 Å². The maximum absolute atomic E-state index is 12.0. The lowest BCUT2D eigenvalue weighted by Gasteiger charge is -2.25. The average Bonchev–Trinajstić information content (AvgIpc) is 3.18. The zero-order chi connectivity index (χ0) is 18.5. The SMILES string of the molecule is Cc1ncn2c1Cn1nc(CN3CCOCC3=O)nc1-c1cc(Cl)ccc1-2. The first-order chi connectivity index (χ1) is 13.1. The van der Waals surface area contributed by atoms with Crippen LogP contribution in [0.3, 0.4) is 0 Å². The lowest BCUT2D eigenvalue weighted by atomic mass is 10.1. The quantitative estimate of drug-likeness (QED) is 0.526. The maximum Gasteiger partial charge on any atom is 0.249 e. The van der Waals surface area contributed by atoms with Gasteiger partial charge >= 0.3 is 0 Å². The third kappa shape index (κ3) is 2.72. The second-order valence-corrected chi connectivity index (χ2v) is 7.12. The Bertz CT molecular complexity index is 1060. The molecule has 2 aliphatic rings. The highest BCUT2D eigenvalue weighted by Crippen LogP contribution is 2.33. The highest BCUT2D eigenvalue weighted by Gasteiger charge is 2.26. The summed E-state index contributed by atoms with van der Waals surface area (Å²) in [5.74, 6) is 1.31. The van der Waals surface area contributed by atoms with Gasteiger partial charge in [-0.05, 0) is 25.1 Å². The molecular formula is C18H17ClN6O2. The Morgan fingerprint density at radius 1 is 1.33 bits per heavy atom. The molecule has 138 valence electrons. The van der Waals surface area contributed by atoms with Crippen LogP contribution in [0.5, 0.6) is 0 Å². The van der Waals surface area contributed by atoms with Crippen molar-refractivity contribution in [1.29, 1.82) is 0 Å². The van der Waals surface area contributed by atoms with E-state index in [-0.39, 0.29) is 12.5 Å². The number of fused-ring (bicyclic) bond motifs is 5. The zero-order valence-corrected chi connectivity index (χ0v) is 15.5. The number of aromatic nitrogens is 5. The highest BCUT2D eigenvalue weighted by atomic mass is 35.5. The molecule has 0 unspecified atom stereocenters. The van der Waals surface area contributed by atoms with E-state index in [1.807, 2.05) is 36.1 Å². The maximum atomic E-state index is 12.0. The number of carbonyl (C=O) groups excluding carboxylic acids is 1. The Kier molecular flexibility index (Phi) is 3.76. The number of ether oxygens (including phenoxy) is 1. The first kappa shape index (κ1) is 16.5. The smallest absolute Gasteiger partial charge is 0.249 e. The first-order valence-electron chi connectivity index (χ1n) is 8.72. The fourth-order valence-electron chi connectivity index (χ4n) is 3.55. The summed E-state index contributed by atoms with van der Waals surface area (Å²) in [6, 6.07) is 5.72. The van der Waals surface area contributed by atoms with Gasteiger partial charge in [-0.25, -0.2) is 14.6 Å². The fraction of sp³-hybridized carbons (Fsp3) is 0.333. The van der Waals surface area contributed by atoms with Crippen LogP contribution in [0, 0.1) is 6.92 Å². The molecule has 0 spiro atoms. The summed E-state index contributed by atoms with van der Waals surface area (Å²) >= 11 is 6.26. The summed E-state index contributed by atoms with van der Waals surface area (Å²) < 4.78 is 9.11. The molecule has 0 radical (unpaired) electrons. The van der Waals surface area contributed by atoms with Crippen LogP contribution >= 0.6 is 11.6 Å². The van der Waals surface area contributed by atoms with Gasteiger partial charge in [-0.3, -0.25) is 4.79 Å². The van der Waals surface area contributed by atoms with Gasteiger partial charge in [0, 0.05) is 17.1 Å². The standard InChI is InChI=1S/C18H17ClN6O2/c1-11-15-7-25-18(13-6-12(19)2-3-14(13)24(15)10-20-11)21-16(22-25)8-23-4-5-27-9-17(23)26/h2-3,6,10H,4-5,7-9H2,1H3. The van der Waals surface area contributed by atoms with Gasteiger partial charge in [0.05, 0.1) is 43.1 Å². The molecule has 0 atom stereocenters. The molecule has 0 N–H and O–H groups in total. The summed E-state index contributed by atoms with van der Waals surface area (Å²) in [6.45, 7) is 4.11. The number of hydrogen-bond donors (Lipinski definition) is 0. The molecule has 2 aliphatic heterocycles. The van der Waals surface area contributed by atoms with Gasteiger partial charge in [-0.2, -0.15) is 5.10 Å². The van der Waals surface area contributed by atoms with Crippen LogP contribution in [0.4, 0.5) is 0 Å². The third-order valence-corrected chi connectivity index (χ3v) is 5.20. The molecule has 0 aliphatic carbocycles. The van der Waals surface area contributed by atoms with Gasteiger partial charge in [0.1, 0.15) is 6.61 Å². The van der Waals surface area contributed by atoms with Crippen LogP contribution in [0.1, 0.15) is 17.2 Å². The molecule has 9 heteroatoms. The normalized spacial score (nSPS) is 15.9. The van der Waals surface area contributed by atoms with Crippen LogP contribution in [0.15, 0.2) is 24.5 Å². The summed E-state index contributed by atoms with van der Waals surface area (Å²) in [4.78, 5) is 22.9. The molecular weight excluding hydrogens is 368 g/mol. The molecule has 8 nitrogen and oxygen atoms in total. The van der Waals surface area contributed by atoms with Gasteiger partial charge in [-0.1, -0.05) is 11.6 Å². The minimum Gasteiger partial charge on any atom is -0.370 e. The van der Waals surface area contributed by atoms with Crippen molar-refractivity contribution in [2.45, 2.75) is 20.0 Å². The molecule has 5 rings (SSSR count). The predicted molar refractivity (Wildman–Crippen MR) is 97.7 cm³/mol. The summed E-state index contributed by atoms with van der Waals surface area (Å²) in [7, 11) is 0. The number of rotatable bonds is 2.